The molecule has 6 nitrogen and oxygen atoms in total. The molecule has 0 fully saturated rings. The zero-order valence-electron chi connectivity index (χ0n) is 15.3. The van der Waals surface area contributed by atoms with Crippen molar-refractivity contribution in [2.24, 2.45) is 10.7 Å². The van der Waals surface area contributed by atoms with Crippen molar-refractivity contribution in [2.75, 3.05) is 20.3 Å². The van der Waals surface area contributed by atoms with E-state index in [9.17, 15) is 13.2 Å². The van der Waals surface area contributed by atoms with Crippen molar-refractivity contribution in [3.8, 4) is 11.5 Å². The molecule has 0 bridgehead atoms. The first-order chi connectivity index (χ1) is 13.4. The number of nitrogens with one attached hydrogen (secondary N) is 1. The second-order valence-electron chi connectivity index (χ2n) is 5.73. The summed E-state index contributed by atoms with van der Waals surface area (Å²) in [5.74, 6) is 0.706. The molecule has 28 heavy (non-hydrogen) atoms. The average Bonchev–Trinajstić information content (AvgIpc) is 2.66. The van der Waals surface area contributed by atoms with E-state index in [0.717, 1.165) is 16.9 Å². The van der Waals surface area contributed by atoms with Crippen LogP contribution in [-0.2, 0) is 17.8 Å². The number of hydrogen-bond acceptors (Lipinski definition) is 4. The number of aliphatic imine (C=N–C) groups is 1. The molecule has 3 N–H and O–H groups in total. The summed E-state index contributed by atoms with van der Waals surface area (Å²) in [5, 5.41) is 2.91. The first-order valence-corrected chi connectivity index (χ1v) is 8.45. The van der Waals surface area contributed by atoms with Crippen LogP contribution in [0.4, 0.5) is 13.2 Å². The quantitative estimate of drug-likeness (QED) is 0.386. The van der Waals surface area contributed by atoms with E-state index < -0.39 is 6.36 Å². The highest BCUT2D eigenvalue weighted by Gasteiger charge is 2.30. The fourth-order valence-electron chi connectivity index (χ4n) is 2.17. The Bertz CT molecular complexity index is 748. The molecular weight excluding hydrogens is 375 g/mol. The van der Waals surface area contributed by atoms with Gasteiger partial charge in [0.1, 0.15) is 18.1 Å². The molecule has 2 aromatic carbocycles. The standard InChI is InChI=1S/C19H22F3N3O3/c1-26-10-11-27-16-6-2-14(3-7-16)12-24-18(23)25-13-15-4-8-17(9-5-15)28-19(20,21)22/h2-9H,10-13H2,1H3,(H3,23,24,25). The Morgan fingerprint density at radius 1 is 0.964 bits per heavy atom. The highest BCUT2D eigenvalue weighted by atomic mass is 19.4. The lowest BCUT2D eigenvalue weighted by atomic mass is 10.2. The van der Waals surface area contributed by atoms with Crippen molar-refractivity contribution in [1.29, 1.82) is 0 Å². The predicted molar refractivity (Wildman–Crippen MR) is 99.1 cm³/mol. The van der Waals surface area contributed by atoms with Crippen LogP contribution in [0.25, 0.3) is 0 Å². The highest BCUT2D eigenvalue weighted by Crippen LogP contribution is 2.22. The van der Waals surface area contributed by atoms with Gasteiger partial charge < -0.3 is 25.3 Å². The molecule has 0 aliphatic carbocycles. The van der Waals surface area contributed by atoms with Crippen LogP contribution in [-0.4, -0.2) is 32.6 Å². The average molecular weight is 397 g/mol. The number of guanidine groups is 1. The van der Waals surface area contributed by atoms with Gasteiger partial charge >= 0.3 is 6.36 Å². The maximum atomic E-state index is 12.1. The fraction of sp³-hybridized carbons (Fsp3) is 0.316. The Morgan fingerprint density at radius 2 is 1.57 bits per heavy atom. The van der Waals surface area contributed by atoms with Gasteiger partial charge in [-0.05, 0) is 35.4 Å². The van der Waals surface area contributed by atoms with E-state index in [0.29, 0.717) is 26.3 Å². The molecule has 0 aliphatic rings. The number of nitrogens with zero attached hydrogens (tertiary/aromatic N) is 1. The number of halogens is 3. The molecule has 0 unspecified atom stereocenters. The van der Waals surface area contributed by atoms with Crippen molar-refractivity contribution in [1.82, 2.24) is 5.32 Å². The Balaban J connectivity index is 1.78. The molecule has 0 saturated heterocycles. The van der Waals surface area contributed by atoms with E-state index in [1.54, 1.807) is 7.11 Å². The third kappa shape index (κ3) is 8.17. The minimum Gasteiger partial charge on any atom is -0.491 e. The number of methoxy groups -OCH3 is 1. The third-order valence-electron chi connectivity index (χ3n) is 3.54. The largest absolute Gasteiger partial charge is 0.573 e. The molecular formula is C19H22F3N3O3. The van der Waals surface area contributed by atoms with Crippen LogP contribution >= 0.6 is 0 Å². The maximum absolute atomic E-state index is 12.1. The van der Waals surface area contributed by atoms with Gasteiger partial charge in [-0.1, -0.05) is 24.3 Å². The van der Waals surface area contributed by atoms with Gasteiger partial charge in [0.15, 0.2) is 5.96 Å². The smallest absolute Gasteiger partial charge is 0.491 e. The molecule has 0 aromatic heterocycles. The molecule has 0 spiro atoms. The summed E-state index contributed by atoms with van der Waals surface area (Å²) in [6, 6.07) is 13.0. The van der Waals surface area contributed by atoms with Crippen molar-refractivity contribution in [2.45, 2.75) is 19.5 Å². The second-order valence-corrected chi connectivity index (χ2v) is 5.73. The lowest BCUT2D eigenvalue weighted by Crippen LogP contribution is -2.31. The van der Waals surface area contributed by atoms with E-state index >= 15 is 0 Å². The number of rotatable bonds is 9. The number of hydrogen-bond donors (Lipinski definition) is 2. The van der Waals surface area contributed by atoms with Crippen molar-refractivity contribution in [3.05, 3.63) is 59.7 Å². The lowest BCUT2D eigenvalue weighted by molar-refractivity contribution is -0.274. The summed E-state index contributed by atoms with van der Waals surface area (Å²) in [5.41, 5.74) is 7.52. The van der Waals surface area contributed by atoms with Crippen LogP contribution in [0.15, 0.2) is 53.5 Å². The summed E-state index contributed by atoms with van der Waals surface area (Å²) >= 11 is 0. The number of alkyl halides is 3. The first-order valence-electron chi connectivity index (χ1n) is 8.45. The molecule has 0 amide bonds. The summed E-state index contributed by atoms with van der Waals surface area (Å²) < 4.78 is 50.6. The zero-order chi connectivity index (χ0) is 20.4. The minimum absolute atomic E-state index is 0.232. The normalized spacial score (nSPS) is 11.9. The van der Waals surface area contributed by atoms with Crippen molar-refractivity contribution < 1.29 is 27.4 Å². The molecule has 0 aliphatic heterocycles. The zero-order valence-corrected chi connectivity index (χ0v) is 15.3. The minimum atomic E-state index is -4.70. The van der Waals surface area contributed by atoms with Crippen LogP contribution < -0.4 is 20.5 Å². The van der Waals surface area contributed by atoms with Crippen LogP contribution in [0.1, 0.15) is 11.1 Å². The number of benzene rings is 2. The van der Waals surface area contributed by atoms with E-state index in [4.69, 9.17) is 15.2 Å². The van der Waals surface area contributed by atoms with Gasteiger partial charge in [0.2, 0.25) is 0 Å². The maximum Gasteiger partial charge on any atom is 0.573 e. The lowest BCUT2D eigenvalue weighted by Gasteiger charge is -2.10. The summed E-state index contributed by atoms with van der Waals surface area (Å²) in [4.78, 5) is 4.23. The monoisotopic (exact) mass is 397 g/mol. The van der Waals surface area contributed by atoms with Gasteiger partial charge in [-0.15, -0.1) is 13.2 Å². The van der Waals surface area contributed by atoms with Gasteiger partial charge in [0.05, 0.1) is 13.2 Å². The van der Waals surface area contributed by atoms with E-state index in [2.05, 4.69) is 15.0 Å². The third-order valence-corrected chi connectivity index (χ3v) is 3.54. The SMILES string of the molecule is COCCOc1ccc(CN=C(N)NCc2ccc(OC(F)(F)F)cc2)cc1. The summed E-state index contributed by atoms with van der Waals surface area (Å²) in [7, 11) is 1.61. The van der Waals surface area contributed by atoms with E-state index in [-0.39, 0.29) is 11.7 Å². The Labute approximate surface area is 161 Å². The molecule has 2 aromatic rings. The number of nitrogens with two attached hydrogens (primary N) is 1. The van der Waals surface area contributed by atoms with Crippen LogP contribution in [0.5, 0.6) is 11.5 Å². The number of ether oxygens (including phenoxy) is 3. The summed E-state index contributed by atoms with van der Waals surface area (Å²) in [6.07, 6.45) is -4.70. The van der Waals surface area contributed by atoms with Crippen molar-refractivity contribution in [3.63, 3.8) is 0 Å². The molecule has 9 heteroatoms. The van der Waals surface area contributed by atoms with Gasteiger partial charge in [-0.3, -0.25) is 0 Å². The topological polar surface area (TPSA) is 78.1 Å². The van der Waals surface area contributed by atoms with Crippen LogP contribution in [0.2, 0.25) is 0 Å². The van der Waals surface area contributed by atoms with Gasteiger partial charge in [-0.2, -0.15) is 0 Å². The van der Waals surface area contributed by atoms with Crippen molar-refractivity contribution >= 4 is 5.96 Å². The fourth-order valence-corrected chi connectivity index (χ4v) is 2.17. The molecule has 0 heterocycles. The Morgan fingerprint density at radius 3 is 2.18 bits per heavy atom. The molecule has 0 saturated carbocycles. The Hall–Kier alpha value is -2.94. The second kappa shape index (κ2) is 10.4. The Kier molecular flexibility index (Phi) is 7.94. The predicted octanol–water partition coefficient (Wildman–Crippen LogP) is 3.21. The van der Waals surface area contributed by atoms with Crippen LogP contribution in [0, 0.1) is 0 Å². The van der Waals surface area contributed by atoms with Gasteiger partial charge in [0, 0.05) is 13.7 Å². The first kappa shape index (κ1) is 21.4. The van der Waals surface area contributed by atoms with Crippen LogP contribution in [0.3, 0.4) is 0 Å². The molecule has 152 valence electrons. The molecule has 0 atom stereocenters. The van der Waals surface area contributed by atoms with E-state index in [1.807, 2.05) is 24.3 Å². The van der Waals surface area contributed by atoms with E-state index in [1.165, 1.54) is 24.3 Å². The molecule has 0 radical (unpaired) electrons. The van der Waals surface area contributed by atoms with Gasteiger partial charge in [0.25, 0.3) is 0 Å². The molecule has 2 rings (SSSR count). The van der Waals surface area contributed by atoms with Gasteiger partial charge in [-0.25, -0.2) is 4.99 Å². The summed E-state index contributed by atoms with van der Waals surface area (Å²) in [6.45, 7) is 1.71. The highest BCUT2D eigenvalue weighted by molar-refractivity contribution is 5.77.